The van der Waals surface area contributed by atoms with Gasteiger partial charge in [0.15, 0.2) is 0 Å². The van der Waals surface area contributed by atoms with Crippen molar-refractivity contribution in [1.29, 1.82) is 0 Å². The molecule has 3 atom stereocenters. The molecule has 0 spiro atoms. The molecule has 0 saturated heterocycles. The van der Waals surface area contributed by atoms with Crippen LogP contribution < -0.4 is 10.6 Å². The van der Waals surface area contributed by atoms with Gasteiger partial charge in [-0.05, 0) is 63.1 Å². The molecule has 64 heavy (non-hydrogen) atoms. The largest absolute Gasteiger partial charge is 0.490 e. The van der Waals surface area contributed by atoms with Gasteiger partial charge in [-0.3, -0.25) is 14.5 Å². The molecule has 5 aromatic rings. The third-order valence-electron chi connectivity index (χ3n) is 9.81. The molecule has 2 amide bonds. The molecule has 346 valence electrons. The van der Waals surface area contributed by atoms with Gasteiger partial charge in [-0.25, -0.2) is 19.4 Å². The number of hydrogen-bond donors (Lipinski definition) is 5. The van der Waals surface area contributed by atoms with Gasteiger partial charge in [-0.2, -0.15) is 38.1 Å². The van der Waals surface area contributed by atoms with Gasteiger partial charge in [0.25, 0.3) is 0 Å². The molecule has 13 nitrogen and oxygen atoms in total. The molecule has 0 aliphatic carbocycles. The van der Waals surface area contributed by atoms with Crippen LogP contribution >= 0.6 is 11.8 Å². The van der Waals surface area contributed by atoms with Crippen LogP contribution in [0, 0.1) is 5.92 Å². The first-order valence-corrected chi connectivity index (χ1v) is 21.1. The average Bonchev–Trinajstić information content (AvgIpc) is 3.66. The number of aliphatic carboxylic acids is 3. The van der Waals surface area contributed by atoms with E-state index in [9.17, 15) is 45.8 Å². The number of alkyl halides is 6. The van der Waals surface area contributed by atoms with Crippen molar-refractivity contribution in [2.24, 2.45) is 5.92 Å². The molecule has 0 fully saturated rings. The number of halogens is 6. The number of rotatable bonds is 18. The van der Waals surface area contributed by atoms with Crippen molar-refractivity contribution in [2.75, 3.05) is 25.1 Å². The van der Waals surface area contributed by atoms with E-state index in [0.717, 1.165) is 34.0 Å². The number of carboxylic acid groups (broad SMARTS) is 3. The number of benzene rings is 4. The number of imidazole rings is 1. The van der Waals surface area contributed by atoms with Gasteiger partial charge >= 0.3 is 30.3 Å². The lowest BCUT2D eigenvalue weighted by Crippen LogP contribution is -2.51. The van der Waals surface area contributed by atoms with Crippen LogP contribution in [0.4, 0.5) is 26.3 Å². The monoisotopic (exact) mass is 921 g/mol. The van der Waals surface area contributed by atoms with E-state index in [-0.39, 0.29) is 36.7 Å². The van der Waals surface area contributed by atoms with Gasteiger partial charge in [0.05, 0.1) is 19.3 Å². The first kappa shape index (κ1) is 52.2. The van der Waals surface area contributed by atoms with Crippen molar-refractivity contribution in [3.05, 3.63) is 114 Å². The number of hydrogen-bond acceptors (Lipinski definition) is 8. The maximum absolute atomic E-state index is 13.7. The van der Waals surface area contributed by atoms with Crippen molar-refractivity contribution in [1.82, 2.24) is 25.1 Å². The molecule has 0 aliphatic heterocycles. The maximum Gasteiger partial charge on any atom is 0.490 e. The Kier molecular flexibility index (Phi) is 20.1. The SMILES string of the molecule is CC[C@H](C)[C@@H](CN(CC(=O)N[C@@H](CCSC)C(=O)O)Cc1cccc2ccccc12)NC(=O)Cc1cncn1Cc1ccc2ccccc2c1.O=C(O)C(F)(F)F.O=C(O)C(F)(F)F. The van der Waals surface area contributed by atoms with Gasteiger partial charge in [-0.15, -0.1) is 0 Å². The van der Waals surface area contributed by atoms with Gasteiger partial charge in [0, 0.05) is 37.6 Å². The molecule has 1 heterocycles. The van der Waals surface area contributed by atoms with Gasteiger partial charge in [0.2, 0.25) is 11.8 Å². The molecule has 0 saturated carbocycles. The summed E-state index contributed by atoms with van der Waals surface area (Å²) < 4.78 is 65.5. The highest BCUT2D eigenvalue weighted by Gasteiger charge is 2.39. The van der Waals surface area contributed by atoms with Gasteiger partial charge in [0.1, 0.15) is 6.04 Å². The second-order valence-electron chi connectivity index (χ2n) is 14.6. The number of fused-ring (bicyclic) bond motifs is 2. The Balaban J connectivity index is 0.000000671. The fourth-order valence-corrected chi connectivity index (χ4v) is 6.79. The van der Waals surface area contributed by atoms with Crippen LogP contribution in [0.2, 0.25) is 0 Å². The molecular weight excluding hydrogens is 873 g/mol. The van der Waals surface area contributed by atoms with Crippen LogP contribution in [0.5, 0.6) is 0 Å². The van der Waals surface area contributed by atoms with Crippen LogP contribution in [0.3, 0.4) is 0 Å². The molecule has 4 aromatic carbocycles. The lowest BCUT2D eigenvalue weighted by molar-refractivity contribution is -0.193. The third kappa shape index (κ3) is 17.2. The van der Waals surface area contributed by atoms with E-state index in [1.165, 1.54) is 10.8 Å². The van der Waals surface area contributed by atoms with Crippen LogP contribution in [0.15, 0.2) is 97.5 Å². The minimum Gasteiger partial charge on any atom is -0.480 e. The van der Waals surface area contributed by atoms with Crippen molar-refractivity contribution in [3.63, 3.8) is 0 Å². The van der Waals surface area contributed by atoms with Gasteiger partial charge in [-0.1, -0.05) is 99.1 Å². The Morgan fingerprint density at radius 2 is 1.39 bits per heavy atom. The summed E-state index contributed by atoms with van der Waals surface area (Å²) in [5.41, 5.74) is 3.00. The normalized spacial score (nSPS) is 12.8. The Hall–Kier alpha value is -6.15. The topological polar surface area (TPSA) is 191 Å². The Labute approximate surface area is 368 Å². The highest BCUT2D eigenvalue weighted by molar-refractivity contribution is 7.98. The summed E-state index contributed by atoms with van der Waals surface area (Å²) in [7, 11) is 0. The zero-order chi connectivity index (χ0) is 47.6. The maximum atomic E-state index is 13.7. The predicted molar refractivity (Wildman–Crippen MR) is 230 cm³/mol. The standard InChI is InChI=1S/C40H47N5O4S.2C2HF3O2/c1-4-28(2)37(43-38(46)21-34-22-41-27-45(34)23-29-16-17-30-10-5-6-12-32(30)20-29)25-44(26-39(47)42-36(40(48)49)18-19-50-3)24-33-14-9-13-31-11-7-8-15-35(31)33;2*3-2(4,5)1(6)7/h5-17,20,22,27-28,36-37H,4,18-19,21,23-26H2,1-3H3,(H,42,47)(H,43,46)(H,48,49);2*(H,6,7)/t28-,36-,37+;;/m0../s1. The lowest BCUT2D eigenvalue weighted by Gasteiger charge is -2.31. The molecule has 5 N–H and O–H groups in total. The van der Waals surface area contributed by atoms with E-state index in [0.29, 0.717) is 31.8 Å². The zero-order valence-corrected chi connectivity index (χ0v) is 35.8. The van der Waals surface area contributed by atoms with Crippen LogP contribution in [-0.2, 0) is 43.5 Å². The van der Waals surface area contributed by atoms with Crippen LogP contribution in [0.25, 0.3) is 21.5 Å². The van der Waals surface area contributed by atoms with E-state index in [1.54, 1.807) is 24.3 Å². The Morgan fingerprint density at radius 1 is 0.797 bits per heavy atom. The minimum atomic E-state index is -5.08. The van der Waals surface area contributed by atoms with E-state index in [2.05, 4.69) is 84.1 Å². The van der Waals surface area contributed by atoms with Crippen molar-refractivity contribution >= 4 is 63.0 Å². The van der Waals surface area contributed by atoms with Crippen LogP contribution in [-0.4, -0.2) is 109 Å². The summed E-state index contributed by atoms with van der Waals surface area (Å²) in [5, 5.41) is 34.6. The number of thioether (sulfide) groups is 1. The van der Waals surface area contributed by atoms with E-state index in [4.69, 9.17) is 19.8 Å². The van der Waals surface area contributed by atoms with Crippen LogP contribution in [0.1, 0.15) is 43.5 Å². The summed E-state index contributed by atoms with van der Waals surface area (Å²) >= 11 is 1.54. The second kappa shape index (κ2) is 24.6. The zero-order valence-electron chi connectivity index (χ0n) is 35.0. The molecular formula is C44H49F6N5O8S. The highest BCUT2D eigenvalue weighted by atomic mass is 32.2. The fraction of sp³-hybridized carbons (Fsp3) is 0.364. The summed E-state index contributed by atoms with van der Waals surface area (Å²) in [6.45, 7) is 5.66. The summed E-state index contributed by atoms with van der Waals surface area (Å²) in [6, 6.07) is 27.7. The average molecular weight is 922 g/mol. The smallest absolute Gasteiger partial charge is 0.480 e. The van der Waals surface area contributed by atoms with E-state index in [1.807, 2.05) is 46.1 Å². The number of carbonyl (C=O) groups is 5. The Bertz CT molecular complexity index is 2310. The van der Waals surface area contributed by atoms with Crippen molar-refractivity contribution in [2.45, 2.75) is 70.6 Å². The quantitative estimate of drug-likeness (QED) is 0.0551. The second-order valence-corrected chi connectivity index (χ2v) is 15.6. The van der Waals surface area contributed by atoms with Crippen molar-refractivity contribution < 1.29 is 65.6 Å². The number of carboxylic acids is 3. The van der Waals surface area contributed by atoms with E-state index >= 15 is 0 Å². The first-order valence-electron chi connectivity index (χ1n) is 19.7. The molecule has 0 aliphatic rings. The number of carbonyl (C=O) groups excluding carboxylic acids is 2. The number of aromatic nitrogens is 2. The molecule has 20 heteroatoms. The van der Waals surface area contributed by atoms with Crippen molar-refractivity contribution in [3.8, 4) is 0 Å². The minimum absolute atomic E-state index is 0.00635. The third-order valence-corrected chi connectivity index (χ3v) is 10.5. The number of nitrogens with zero attached hydrogens (tertiary/aromatic N) is 3. The Morgan fingerprint density at radius 3 is 1.98 bits per heavy atom. The summed E-state index contributed by atoms with van der Waals surface area (Å²) in [5.74, 6) is -6.29. The van der Waals surface area contributed by atoms with E-state index < -0.39 is 36.3 Å². The fourth-order valence-electron chi connectivity index (χ4n) is 6.32. The molecule has 0 unspecified atom stereocenters. The number of amides is 2. The highest BCUT2D eigenvalue weighted by Crippen LogP contribution is 2.22. The molecule has 0 bridgehead atoms. The lowest BCUT2D eigenvalue weighted by atomic mass is 9.97. The molecule has 0 radical (unpaired) electrons. The molecule has 1 aromatic heterocycles. The van der Waals surface area contributed by atoms with Gasteiger partial charge < -0.3 is 30.5 Å². The first-order chi connectivity index (χ1) is 30.1. The predicted octanol–water partition coefficient (Wildman–Crippen LogP) is 7.40. The summed E-state index contributed by atoms with van der Waals surface area (Å²) in [6.07, 6.45) is -3.41. The summed E-state index contributed by atoms with van der Waals surface area (Å²) in [4.78, 5) is 63.1. The molecule has 5 rings (SSSR count). The number of nitrogens with one attached hydrogen (secondary N) is 2.